The number of benzene rings is 1. The van der Waals surface area contributed by atoms with Crippen molar-refractivity contribution in [1.82, 2.24) is 16.0 Å². The van der Waals surface area contributed by atoms with Crippen LogP contribution in [0.5, 0.6) is 0 Å². The standard InChI is InChI=1S/C20H34N4O2.HI/c1-6-22-18(25)20(3,4)15-24-19(21-5)23-13-10-14-26-16(2)17-11-8-7-9-12-17;/h7-9,11-12,16H,6,10,13-15H2,1-5H3,(H,22,25)(H2,21,23,24);1H. The highest BCUT2D eigenvalue weighted by Gasteiger charge is 2.27. The van der Waals surface area contributed by atoms with E-state index < -0.39 is 5.41 Å². The molecule has 1 atom stereocenters. The number of hydrogen-bond donors (Lipinski definition) is 3. The topological polar surface area (TPSA) is 74.8 Å². The fraction of sp³-hybridized carbons (Fsp3) is 0.600. The first-order valence-electron chi connectivity index (χ1n) is 9.30. The summed E-state index contributed by atoms with van der Waals surface area (Å²) in [4.78, 5) is 16.2. The van der Waals surface area contributed by atoms with Gasteiger partial charge < -0.3 is 20.7 Å². The van der Waals surface area contributed by atoms with E-state index in [1.165, 1.54) is 5.56 Å². The van der Waals surface area contributed by atoms with E-state index >= 15 is 0 Å². The van der Waals surface area contributed by atoms with Crippen molar-refractivity contribution in [2.24, 2.45) is 10.4 Å². The minimum atomic E-state index is -0.498. The number of aliphatic imine (C=N–C) groups is 1. The van der Waals surface area contributed by atoms with E-state index in [1.807, 2.05) is 39.0 Å². The van der Waals surface area contributed by atoms with Crippen molar-refractivity contribution >= 4 is 35.8 Å². The number of carbonyl (C=O) groups excluding carboxylic acids is 1. The van der Waals surface area contributed by atoms with Crippen LogP contribution in [0, 0.1) is 5.41 Å². The maximum absolute atomic E-state index is 12.0. The Morgan fingerprint density at radius 2 is 1.85 bits per heavy atom. The molecule has 0 spiro atoms. The van der Waals surface area contributed by atoms with Crippen LogP contribution in [-0.2, 0) is 9.53 Å². The third kappa shape index (κ3) is 9.95. The smallest absolute Gasteiger partial charge is 0.227 e. The summed E-state index contributed by atoms with van der Waals surface area (Å²) in [6, 6.07) is 10.2. The largest absolute Gasteiger partial charge is 0.374 e. The Morgan fingerprint density at radius 3 is 2.44 bits per heavy atom. The molecule has 0 radical (unpaired) electrons. The van der Waals surface area contributed by atoms with Crippen LogP contribution < -0.4 is 16.0 Å². The first kappa shape index (κ1) is 25.6. The Labute approximate surface area is 181 Å². The van der Waals surface area contributed by atoms with Crippen LogP contribution in [0.25, 0.3) is 0 Å². The highest BCUT2D eigenvalue weighted by atomic mass is 127. The van der Waals surface area contributed by atoms with Crippen LogP contribution >= 0.6 is 24.0 Å². The molecule has 0 bridgehead atoms. The third-order valence-corrected chi connectivity index (χ3v) is 4.12. The highest BCUT2D eigenvalue weighted by molar-refractivity contribution is 14.0. The van der Waals surface area contributed by atoms with E-state index in [9.17, 15) is 4.79 Å². The molecule has 0 aromatic heterocycles. The maximum Gasteiger partial charge on any atom is 0.227 e. The van der Waals surface area contributed by atoms with Gasteiger partial charge in [-0.15, -0.1) is 24.0 Å². The van der Waals surface area contributed by atoms with Gasteiger partial charge in [0.05, 0.1) is 11.5 Å². The molecule has 0 heterocycles. The second-order valence-corrected chi connectivity index (χ2v) is 6.87. The van der Waals surface area contributed by atoms with Crippen molar-refractivity contribution in [2.75, 3.05) is 33.3 Å². The van der Waals surface area contributed by atoms with E-state index in [0.717, 1.165) is 13.0 Å². The number of halogens is 1. The third-order valence-electron chi connectivity index (χ3n) is 4.12. The number of rotatable bonds is 10. The molecule has 0 aliphatic heterocycles. The van der Waals surface area contributed by atoms with Crippen molar-refractivity contribution in [3.05, 3.63) is 35.9 Å². The Balaban J connectivity index is 0.00000676. The molecule has 1 amide bonds. The number of nitrogens with zero attached hydrogens (tertiary/aromatic N) is 1. The molecule has 1 rings (SSSR count). The molecule has 3 N–H and O–H groups in total. The number of carbonyl (C=O) groups is 1. The van der Waals surface area contributed by atoms with Gasteiger partial charge >= 0.3 is 0 Å². The minimum Gasteiger partial charge on any atom is -0.374 e. The Morgan fingerprint density at radius 1 is 1.19 bits per heavy atom. The second kappa shape index (κ2) is 13.8. The van der Waals surface area contributed by atoms with Crippen molar-refractivity contribution in [3.63, 3.8) is 0 Å². The summed E-state index contributed by atoms with van der Waals surface area (Å²) in [5.41, 5.74) is 0.688. The van der Waals surface area contributed by atoms with E-state index in [2.05, 4.69) is 40.0 Å². The number of ether oxygens (including phenoxy) is 1. The van der Waals surface area contributed by atoms with Crippen LogP contribution in [0.1, 0.15) is 45.8 Å². The van der Waals surface area contributed by atoms with Crippen molar-refractivity contribution in [3.8, 4) is 0 Å². The number of nitrogens with one attached hydrogen (secondary N) is 3. The molecule has 27 heavy (non-hydrogen) atoms. The fourth-order valence-corrected chi connectivity index (χ4v) is 2.36. The Hall–Kier alpha value is -1.35. The van der Waals surface area contributed by atoms with Gasteiger partial charge in [0.1, 0.15) is 0 Å². The average molecular weight is 490 g/mol. The van der Waals surface area contributed by atoms with E-state index in [1.54, 1.807) is 7.05 Å². The van der Waals surface area contributed by atoms with Gasteiger partial charge in [-0.05, 0) is 39.7 Å². The number of guanidine groups is 1. The van der Waals surface area contributed by atoms with E-state index in [-0.39, 0.29) is 36.0 Å². The van der Waals surface area contributed by atoms with Crippen molar-refractivity contribution in [2.45, 2.75) is 40.2 Å². The zero-order valence-corrected chi connectivity index (χ0v) is 19.5. The molecule has 0 aliphatic carbocycles. The van der Waals surface area contributed by atoms with Gasteiger partial charge in [0.2, 0.25) is 5.91 Å². The maximum atomic E-state index is 12.0. The Bertz CT molecular complexity index is 564. The molecule has 0 fully saturated rings. The summed E-state index contributed by atoms with van der Waals surface area (Å²) in [6.45, 7) is 10.4. The van der Waals surface area contributed by atoms with Crippen molar-refractivity contribution < 1.29 is 9.53 Å². The molecule has 0 saturated heterocycles. The molecule has 0 aliphatic rings. The second-order valence-electron chi connectivity index (χ2n) is 6.87. The molecular formula is C20H35IN4O2. The minimum absolute atomic E-state index is 0. The lowest BCUT2D eigenvalue weighted by Crippen LogP contribution is -2.48. The van der Waals surface area contributed by atoms with Gasteiger partial charge in [-0.1, -0.05) is 30.3 Å². The van der Waals surface area contributed by atoms with Gasteiger partial charge in [0, 0.05) is 33.3 Å². The first-order chi connectivity index (χ1) is 12.4. The fourth-order valence-electron chi connectivity index (χ4n) is 2.36. The van der Waals surface area contributed by atoms with Gasteiger partial charge in [0.25, 0.3) is 0 Å². The van der Waals surface area contributed by atoms with Crippen LogP contribution in [0.2, 0.25) is 0 Å². The van der Waals surface area contributed by atoms with Crippen LogP contribution in [0.3, 0.4) is 0 Å². The predicted molar refractivity (Wildman–Crippen MR) is 123 cm³/mol. The lowest BCUT2D eigenvalue weighted by molar-refractivity contribution is -0.128. The van der Waals surface area contributed by atoms with Gasteiger partial charge in [-0.25, -0.2) is 0 Å². The normalized spacial score (nSPS) is 12.7. The summed E-state index contributed by atoms with van der Waals surface area (Å²) >= 11 is 0. The van der Waals surface area contributed by atoms with Crippen LogP contribution in [-0.4, -0.2) is 45.2 Å². The summed E-state index contributed by atoms with van der Waals surface area (Å²) < 4.78 is 5.86. The average Bonchev–Trinajstić information content (AvgIpc) is 2.64. The number of hydrogen-bond acceptors (Lipinski definition) is 3. The SMILES string of the molecule is CCNC(=O)C(C)(C)CNC(=NC)NCCCOC(C)c1ccccc1.I. The van der Waals surface area contributed by atoms with Crippen LogP contribution in [0.15, 0.2) is 35.3 Å². The first-order valence-corrected chi connectivity index (χ1v) is 9.30. The van der Waals surface area contributed by atoms with Gasteiger partial charge in [-0.3, -0.25) is 9.79 Å². The summed E-state index contributed by atoms with van der Waals surface area (Å²) in [5, 5.41) is 9.32. The molecule has 1 aromatic rings. The van der Waals surface area contributed by atoms with Gasteiger partial charge in [-0.2, -0.15) is 0 Å². The van der Waals surface area contributed by atoms with Crippen molar-refractivity contribution in [1.29, 1.82) is 0 Å². The molecular weight excluding hydrogens is 455 g/mol. The lowest BCUT2D eigenvalue weighted by atomic mass is 9.92. The summed E-state index contributed by atoms with van der Waals surface area (Å²) in [6.07, 6.45) is 0.962. The quantitative estimate of drug-likeness (QED) is 0.204. The zero-order chi connectivity index (χ0) is 19.4. The lowest BCUT2D eigenvalue weighted by Gasteiger charge is -2.24. The summed E-state index contributed by atoms with van der Waals surface area (Å²) in [7, 11) is 1.72. The monoisotopic (exact) mass is 490 g/mol. The molecule has 0 saturated carbocycles. The summed E-state index contributed by atoms with van der Waals surface area (Å²) in [5.74, 6) is 0.727. The number of amides is 1. The molecule has 1 aromatic carbocycles. The Kier molecular flexibility index (Phi) is 13.1. The van der Waals surface area contributed by atoms with E-state index in [4.69, 9.17) is 4.74 Å². The molecule has 154 valence electrons. The van der Waals surface area contributed by atoms with E-state index in [0.29, 0.717) is 25.7 Å². The molecule has 1 unspecified atom stereocenters. The molecule has 7 heteroatoms. The zero-order valence-electron chi connectivity index (χ0n) is 17.2. The predicted octanol–water partition coefficient (Wildman–Crippen LogP) is 3.10. The highest BCUT2D eigenvalue weighted by Crippen LogP contribution is 2.15. The van der Waals surface area contributed by atoms with Gasteiger partial charge in [0.15, 0.2) is 5.96 Å². The van der Waals surface area contributed by atoms with Crippen LogP contribution in [0.4, 0.5) is 0 Å². The molecule has 6 nitrogen and oxygen atoms in total.